The third-order valence-electron chi connectivity index (χ3n) is 3.23. The lowest BCUT2D eigenvalue weighted by Gasteiger charge is -2.28. The van der Waals surface area contributed by atoms with E-state index in [9.17, 15) is 22.8 Å². The molecule has 0 radical (unpaired) electrons. The third-order valence-corrected chi connectivity index (χ3v) is 3.23. The summed E-state index contributed by atoms with van der Waals surface area (Å²) < 4.78 is 49.6. The topological polar surface area (TPSA) is 55.8 Å². The molecule has 1 aromatic rings. The molecule has 0 heterocycles. The molecular formula is C18H24F3NO4. The van der Waals surface area contributed by atoms with Gasteiger partial charge in [0.15, 0.2) is 0 Å². The van der Waals surface area contributed by atoms with Crippen LogP contribution in [0.4, 0.5) is 18.0 Å². The number of halogens is 3. The van der Waals surface area contributed by atoms with Crippen molar-refractivity contribution >= 4 is 12.1 Å². The van der Waals surface area contributed by atoms with Crippen molar-refractivity contribution in [2.75, 3.05) is 13.2 Å². The normalized spacial score (nSPS) is 11.8. The van der Waals surface area contributed by atoms with Gasteiger partial charge in [0.05, 0.1) is 18.6 Å². The molecule has 8 heteroatoms. The monoisotopic (exact) mass is 375 g/mol. The van der Waals surface area contributed by atoms with Gasteiger partial charge in [-0.3, -0.25) is 4.79 Å². The molecule has 0 aliphatic rings. The second kappa shape index (κ2) is 8.91. The summed E-state index contributed by atoms with van der Waals surface area (Å²) in [6, 6.07) is 4.99. The number of hydrogen-bond acceptors (Lipinski definition) is 4. The predicted octanol–water partition coefficient (Wildman–Crippen LogP) is 4.40. The van der Waals surface area contributed by atoms with Crippen LogP contribution in [0.5, 0.6) is 0 Å². The summed E-state index contributed by atoms with van der Waals surface area (Å²) in [7, 11) is 0. The molecule has 0 saturated heterocycles. The average molecular weight is 375 g/mol. The molecular weight excluding hydrogens is 351 g/mol. The minimum atomic E-state index is -4.54. The van der Waals surface area contributed by atoms with Gasteiger partial charge in [0.1, 0.15) is 5.60 Å². The molecule has 0 saturated carbocycles. The molecule has 0 aliphatic carbocycles. The Morgan fingerprint density at radius 1 is 1.12 bits per heavy atom. The van der Waals surface area contributed by atoms with Crippen LogP contribution in [0.1, 0.15) is 45.2 Å². The summed E-state index contributed by atoms with van der Waals surface area (Å²) >= 11 is 0. The Morgan fingerprint density at radius 3 is 2.27 bits per heavy atom. The van der Waals surface area contributed by atoms with Crippen LogP contribution in [-0.2, 0) is 27.0 Å². The molecule has 1 amide bonds. The minimum Gasteiger partial charge on any atom is -0.466 e. The van der Waals surface area contributed by atoms with Crippen LogP contribution >= 0.6 is 0 Å². The molecule has 1 rings (SSSR count). The van der Waals surface area contributed by atoms with E-state index in [0.29, 0.717) is 0 Å². The van der Waals surface area contributed by atoms with Gasteiger partial charge >= 0.3 is 18.2 Å². The molecule has 5 nitrogen and oxygen atoms in total. The Kier molecular flexibility index (Phi) is 7.47. The summed E-state index contributed by atoms with van der Waals surface area (Å²) in [4.78, 5) is 25.0. The van der Waals surface area contributed by atoms with E-state index in [-0.39, 0.29) is 31.7 Å². The first kappa shape index (κ1) is 21.8. The minimum absolute atomic E-state index is 0.0743. The van der Waals surface area contributed by atoms with Crippen LogP contribution in [0.2, 0.25) is 0 Å². The third kappa shape index (κ3) is 7.33. The SMILES string of the molecule is CCOC(=O)CCN(Cc1ccccc1C(F)(F)F)C(=O)OC(C)(C)C. The zero-order valence-electron chi connectivity index (χ0n) is 15.4. The van der Waals surface area contributed by atoms with Gasteiger partial charge in [-0.15, -0.1) is 0 Å². The van der Waals surface area contributed by atoms with Crippen molar-refractivity contribution in [1.29, 1.82) is 0 Å². The van der Waals surface area contributed by atoms with E-state index in [1.807, 2.05) is 0 Å². The molecule has 0 aliphatic heterocycles. The van der Waals surface area contributed by atoms with Gasteiger partial charge in [-0.05, 0) is 39.3 Å². The Hall–Kier alpha value is -2.25. The number of amides is 1. The molecule has 0 fully saturated rings. The van der Waals surface area contributed by atoms with Crippen molar-refractivity contribution in [2.45, 2.75) is 52.4 Å². The first-order chi connectivity index (χ1) is 11.9. The fourth-order valence-electron chi connectivity index (χ4n) is 2.16. The number of alkyl halides is 3. The van der Waals surface area contributed by atoms with Crippen molar-refractivity contribution in [3.8, 4) is 0 Å². The zero-order chi connectivity index (χ0) is 20.0. The quantitative estimate of drug-likeness (QED) is 0.692. The van der Waals surface area contributed by atoms with E-state index in [0.717, 1.165) is 11.0 Å². The Balaban J connectivity index is 3.02. The number of ether oxygens (including phenoxy) is 2. The van der Waals surface area contributed by atoms with Crippen molar-refractivity contribution < 1.29 is 32.2 Å². The van der Waals surface area contributed by atoms with E-state index >= 15 is 0 Å². The lowest BCUT2D eigenvalue weighted by atomic mass is 10.1. The van der Waals surface area contributed by atoms with Gasteiger partial charge in [-0.25, -0.2) is 4.79 Å². The Bertz CT molecular complexity index is 624. The summed E-state index contributed by atoms with van der Waals surface area (Å²) in [6.45, 7) is 6.34. The van der Waals surface area contributed by atoms with E-state index in [1.165, 1.54) is 18.2 Å². The number of carbonyl (C=O) groups excluding carboxylic acids is 2. The summed E-state index contributed by atoms with van der Waals surface area (Å²) in [5, 5.41) is 0. The van der Waals surface area contributed by atoms with E-state index in [1.54, 1.807) is 27.7 Å². The van der Waals surface area contributed by atoms with E-state index in [4.69, 9.17) is 9.47 Å². The number of nitrogens with zero attached hydrogens (tertiary/aromatic N) is 1. The number of rotatable bonds is 6. The first-order valence-corrected chi connectivity index (χ1v) is 8.22. The van der Waals surface area contributed by atoms with Crippen LogP contribution in [-0.4, -0.2) is 35.7 Å². The van der Waals surface area contributed by atoms with E-state index in [2.05, 4.69) is 0 Å². The van der Waals surface area contributed by atoms with Gasteiger partial charge in [0, 0.05) is 13.1 Å². The summed E-state index contributed by atoms with van der Waals surface area (Å²) in [5.41, 5.74) is -1.72. The van der Waals surface area contributed by atoms with Crippen molar-refractivity contribution in [3.63, 3.8) is 0 Å². The smallest absolute Gasteiger partial charge is 0.416 e. The highest BCUT2D eigenvalue weighted by Crippen LogP contribution is 2.32. The second-order valence-electron chi connectivity index (χ2n) is 6.61. The fourth-order valence-corrected chi connectivity index (χ4v) is 2.16. The molecule has 0 atom stereocenters. The molecule has 0 spiro atoms. The lowest BCUT2D eigenvalue weighted by Crippen LogP contribution is -2.38. The lowest BCUT2D eigenvalue weighted by molar-refractivity contribution is -0.143. The standard InChI is InChI=1S/C18H24F3NO4/c1-5-25-15(23)10-11-22(16(24)26-17(2,3)4)12-13-8-6-7-9-14(13)18(19,20)21/h6-9H,5,10-12H2,1-4H3. The van der Waals surface area contributed by atoms with Crippen LogP contribution in [0.15, 0.2) is 24.3 Å². The maximum atomic E-state index is 13.2. The fraction of sp³-hybridized carbons (Fsp3) is 0.556. The maximum absolute atomic E-state index is 13.2. The summed E-state index contributed by atoms with van der Waals surface area (Å²) in [5.74, 6) is -0.537. The molecule has 26 heavy (non-hydrogen) atoms. The number of benzene rings is 1. The van der Waals surface area contributed by atoms with Gasteiger partial charge < -0.3 is 14.4 Å². The van der Waals surface area contributed by atoms with Gasteiger partial charge in [-0.1, -0.05) is 18.2 Å². The number of esters is 1. The molecule has 0 bridgehead atoms. The largest absolute Gasteiger partial charge is 0.466 e. The Morgan fingerprint density at radius 2 is 1.73 bits per heavy atom. The first-order valence-electron chi connectivity index (χ1n) is 8.22. The molecule has 0 aromatic heterocycles. The molecule has 0 unspecified atom stereocenters. The maximum Gasteiger partial charge on any atom is 0.416 e. The highest BCUT2D eigenvalue weighted by atomic mass is 19.4. The average Bonchev–Trinajstić information content (AvgIpc) is 2.49. The van der Waals surface area contributed by atoms with Crippen LogP contribution in [0.3, 0.4) is 0 Å². The molecule has 146 valence electrons. The highest BCUT2D eigenvalue weighted by Gasteiger charge is 2.34. The molecule has 1 aromatic carbocycles. The highest BCUT2D eigenvalue weighted by molar-refractivity contribution is 5.72. The predicted molar refractivity (Wildman–Crippen MR) is 89.3 cm³/mol. The van der Waals surface area contributed by atoms with Crippen molar-refractivity contribution in [2.24, 2.45) is 0 Å². The number of carbonyl (C=O) groups is 2. The van der Waals surface area contributed by atoms with E-state index < -0.39 is 29.4 Å². The van der Waals surface area contributed by atoms with Crippen LogP contribution in [0.25, 0.3) is 0 Å². The summed E-state index contributed by atoms with van der Waals surface area (Å²) in [6.07, 6.45) is -5.47. The van der Waals surface area contributed by atoms with Gasteiger partial charge in [-0.2, -0.15) is 13.2 Å². The van der Waals surface area contributed by atoms with Crippen molar-refractivity contribution in [3.05, 3.63) is 35.4 Å². The van der Waals surface area contributed by atoms with Crippen molar-refractivity contribution in [1.82, 2.24) is 4.90 Å². The van der Waals surface area contributed by atoms with Gasteiger partial charge in [0.25, 0.3) is 0 Å². The van der Waals surface area contributed by atoms with Crippen LogP contribution in [0, 0.1) is 0 Å². The van der Waals surface area contributed by atoms with Crippen LogP contribution < -0.4 is 0 Å². The zero-order valence-corrected chi connectivity index (χ0v) is 15.4. The number of hydrogen-bond donors (Lipinski definition) is 0. The second-order valence-corrected chi connectivity index (χ2v) is 6.61. The molecule has 0 N–H and O–H groups in total. The van der Waals surface area contributed by atoms with Gasteiger partial charge in [0.2, 0.25) is 0 Å². The Labute approximate surface area is 151 Å².